The highest BCUT2D eigenvalue weighted by Crippen LogP contribution is 2.27. The number of thioether (sulfide) groups is 1. The van der Waals surface area contributed by atoms with Gasteiger partial charge in [-0.05, 0) is 24.6 Å². The molecule has 0 spiro atoms. The Hall–Kier alpha value is -1.10. The van der Waals surface area contributed by atoms with Gasteiger partial charge in [-0.3, -0.25) is 4.79 Å². The summed E-state index contributed by atoms with van der Waals surface area (Å²) in [6, 6.07) is 6.47. The zero-order valence-electron chi connectivity index (χ0n) is 8.94. The van der Waals surface area contributed by atoms with Crippen LogP contribution < -0.4 is 0 Å². The van der Waals surface area contributed by atoms with Gasteiger partial charge < -0.3 is 4.74 Å². The molecule has 1 atom stereocenters. The van der Waals surface area contributed by atoms with E-state index in [-0.39, 0.29) is 11.9 Å². The Morgan fingerprint density at radius 2 is 1.88 bits per heavy atom. The summed E-state index contributed by atoms with van der Waals surface area (Å²) in [4.78, 5) is 11.7. The van der Waals surface area contributed by atoms with Crippen LogP contribution in [0.25, 0.3) is 0 Å². The van der Waals surface area contributed by atoms with E-state index in [1.54, 1.807) is 31.2 Å². The predicted molar refractivity (Wildman–Crippen MR) is 58.7 cm³/mol. The monoisotopic (exact) mass is 246 g/mol. The third-order valence-corrected chi connectivity index (χ3v) is 2.88. The third-order valence-electron chi connectivity index (χ3n) is 2.16. The number of esters is 1. The highest BCUT2D eigenvalue weighted by Gasteiger charge is 2.15. The van der Waals surface area contributed by atoms with Crippen LogP contribution in [-0.4, -0.2) is 18.8 Å². The van der Waals surface area contributed by atoms with Crippen LogP contribution in [-0.2, 0) is 9.53 Å². The molecule has 16 heavy (non-hydrogen) atoms. The van der Waals surface area contributed by atoms with Gasteiger partial charge in [-0.25, -0.2) is 0 Å². The summed E-state index contributed by atoms with van der Waals surface area (Å²) in [5, 5.41) is 0. The minimum absolute atomic E-state index is 0.339. The Kier molecular flexibility index (Phi) is 4.73. The molecular weight excluding hydrogens is 234 g/mol. The number of halogens is 2. The molecule has 0 bridgehead atoms. The van der Waals surface area contributed by atoms with Crippen molar-refractivity contribution in [3.8, 4) is 0 Å². The Morgan fingerprint density at radius 1 is 1.31 bits per heavy atom. The van der Waals surface area contributed by atoms with Crippen LogP contribution >= 0.6 is 11.8 Å². The third kappa shape index (κ3) is 3.48. The topological polar surface area (TPSA) is 26.3 Å². The minimum atomic E-state index is -2.43. The number of benzene rings is 1. The summed E-state index contributed by atoms with van der Waals surface area (Å²) in [5.74, 6) is -3.14. The Labute approximate surface area is 97.0 Å². The maximum atomic E-state index is 12.1. The molecule has 0 amide bonds. The Morgan fingerprint density at radius 3 is 2.31 bits per heavy atom. The standard InChI is InChI=1S/C11H12F2O2S/c1-7(10(14)15-2)8-3-5-9(6-4-8)16-11(12)13/h3-7,11H,1-2H3. The van der Waals surface area contributed by atoms with Gasteiger partial charge in [0, 0.05) is 4.90 Å². The number of hydrogen-bond donors (Lipinski definition) is 0. The van der Waals surface area contributed by atoms with Crippen LogP contribution in [0.15, 0.2) is 29.2 Å². The number of carbonyl (C=O) groups excluding carboxylic acids is 1. The maximum absolute atomic E-state index is 12.1. The molecule has 2 nitrogen and oxygen atoms in total. The zero-order valence-corrected chi connectivity index (χ0v) is 9.76. The predicted octanol–water partition coefficient (Wildman–Crippen LogP) is 3.28. The highest BCUT2D eigenvalue weighted by atomic mass is 32.2. The molecule has 0 aliphatic heterocycles. The van der Waals surface area contributed by atoms with E-state index in [1.165, 1.54) is 7.11 Å². The fourth-order valence-electron chi connectivity index (χ4n) is 1.25. The van der Waals surface area contributed by atoms with Gasteiger partial charge >= 0.3 is 5.97 Å². The van der Waals surface area contributed by atoms with Crippen LogP contribution in [0.4, 0.5) is 8.78 Å². The lowest BCUT2D eigenvalue weighted by Gasteiger charge is -2.09. The first kappa shape index (κ1) is 13.0. The normalized spacial score (nSPS) is 12.6. The average Bonchev–Trinajstić information content (AvgIpc) is 2.27. The lowest BCUT2D eigenvalue weighted by Crippen LogP contribution is -2.10. The first-order valence-corrected chi connectivity index (χ1v) is 5.55. The van der Waals surface area contributed by atoms with E-state index in [9.17, 15) is 13.6 Å². The number of carbonyl (C=O) groups is 1. The lowest BCUT2D eigenvalue weighted by atomic mass is 10.0. The SMILES string of the molecule is COC(=O)C(C)c1ccc(SC(F)F)cc1. The largest absolute Gasteiger partial charge is 0.469 e. The number of rotatable bonds is 4. The van der Waals surface area contributed by atoms with Gasteiger partial charge in [-0.1, -0.05) is 23.9 Å². The molecule has 1 aromatic carbocycles. The second-order valence-electron chi connectivity index (χ2n) is 3.19. The van der Waals surface area contributed by atoms with Crippen LogP contribution in [0, 0.1) is 0 Å². The van der Waals surface area contributed by atoms with Gasteiger partial charge in [0.1, 0.15) is 0 Å². The van der Waals surface area contributed by atoms with Crippen molar-refractivity contribution in [3.63, 3.8) is 0 Å². The minimum Gasteiger partial charge on any atom is -0.469 e. The van der Waals surface area contributed by atoms with Crippen LogP contribution in [0.2, 0.25) is 0 Å². The molecule has 0 saturated heterocycles. The number of ether oxygens (including phenoxy) is 1. The van der Waals surface area contributed by atoms with E-state index < -0.39 is 5.76 Å². The Balaban J connectivity index is 2.74. The first-order valence-electron chi connectivity index (χ1n) is 4.67. The van der Waals surface area contributed by atoms with Crippen LogP contribution in [0.1, 0.15) is 18.4 Å². The molecule has 0 aliphatic rings. The van der Waals surface area contributed by atoms with Crippen molar-refractivity contribution < 1.29 is 18.3 Å². The van der Waals surface area contributed by atoms with E-state index in [4.69, 9.17) is 0 Å². The van der Waals surface area contributed by atoms with Crippen LogP contribution in [0.3, 0.4) is 0 Å². The van der Waals surface area contributed by atoms with E-state index >= 15 is 0 Å². The molecule has 1 rings (SSSR count). The molecule has 0 saturated carbocycles. The van der Waals surface area contributed by atoms with Gasteiger partial charge in [0.15, 0.2) is 0 Å². The molecule has 5 heteroatoms. The van der Waals surface area contributed by atoms with Gasteiger partial charge in [0.05, 0.1) is 13.0 Å². The molecule has 1 unspecified atom stereocenters. The van der Waals surface area contributed by atoms with Crippen molar-refractivity contribution in [1.82, 2.24) is 0 Å². The van der Waals surface area contributed by atoms with E-state index in [1.807, 2.05) is 0 Å². The summed E-state index contributed by atoms with van der Waals surface area (Å²) in [6.07, 6.45) is 0. The van der Waals surface area contributed by atoms with E-state index in [0.717, 1.165) is 5.56 Å². The molecule has 0 fully saturated rings. The number of hydrogen-bond acceptors (Lipinski definition) is 3. The smallest absolute Gasteiger partial charge is 0.312 e. The second-order valence-corrected chi connectivity index (χ2v) is 4.26. The summed E-state index contributed by atoms with van der Waals surface area (Å²) < 4.78 is 28.7. The molecule has 0 N–H and O–H groups in total. The molecule has 0 aromatic heterocycles. The molecule has 1 aromatic rings. The summed E-state index contributed by atoms with van der Waals surface area (Å²) in [5.41, 5.74) is 0.755. The van der Waals surface area contributed by atoms with Crippen molar-refractivity contribution in [1.29, 1.82) is 0 Å². The molecule has 0 heterocycles. The molecule has 0 radical (unpaired) electrons. The average molecular weight is 246 g/mol. The summed E-state index contributed by atoms with van der Waals surface area (Å²) in [6.45, 7) is 1.71. The van der Waals surface area contributed by atoms with Gasteiger partial charge in [-0.15, -0.1) is 0 Å². The van der Waals surface area contributed by atoms with Crippen molar-refractivity contribution in [2.45, 2.75) is 23.5 Å². The van der Waals surface area contributed by atoms with E-state index in [0.29, 0.717) is 16.7 Å². The quantitative estimate of drug-likeness (QED) is 0.602. The molecule has 0 aliphatic carbocycles. The number of alkyl halides is 2. The highest BCUT2D eigenvalue weighted by molar-refractivity contribution is 7.99. The number of methoxy groups -OCH3 is 1. The van der Waals surface area contributed by atoms with Gasteiger partial charge in [-0.2, -0.15) is 8.78 Å². The molecular formula is C11H12F2O2S. The van der Waals surface area contributed by atoms with Crippen molar-refractivity contribution in [3.05, 3.63) is 29.8 Å². The second kappa shape index (κ2) is 5.84. The summed E-state index contributed by atoms with van der Waals surface area (Å²) >= 11 is 0.483. The first-order chi connectivity index (χ1) is 7.54. The zero-order chi connectivity index (χ0) is 12.1. The van der Waals surface area contributed by atoms with Gasteiger partial charge in [0.2, 0.25) is 0 Å². The maximum Gasteiger partial charge on any atom is 0.312 e. The van der Waals surface area contributed by atoms with Crippen molar-refractivity contribution >= 4 is 17.7 Å². The van der Waals surface area contributed by atoms with Gasteiger partial charge in [0.25, 0.3) is 5.76 Å². The van der Waals surface area contributed by atoms with Crippen LogP contribution in [0.5, 0.6) is 0 Å². The fraction of sp³-hybridized carbons (Fsp3) is 0.364. The van der Waals surface area contributed by atoms with E-state index in [2.05, 4.69) is 4.74 Å². The summed E-state index contributed by atoms with van der Waals surface area (Å²) in [7, 11) is 1.32. The van der Waals surface area contributed by atoms with Crippen molar-refractivity contribution in [2.24, 2.45) is 0 Å². The Bertz CT molecular complexity index is 352. The molecule has 88 valence electrons. The lowest BCUT2D eigenvalue weighted by molar-refractivity contribution is -0.141. The fourth-order valence-corrected chi connectivity index (χ4v) is 1.75. The van der Waals surface area contributed by atoms with Crippen molar-refractivity contribution in [2.75, 3.05) is 7.11 Å².